The second kappa shape index (κ2) is 1.78. The smallest absolute Gasteiger partial charge is 0.419 e. The van der Waals surface area contributed by atoms with E-state index in [0.29, 0.717) is 6.54 Å². The van der Waals surface area contributed by atoms with E-state index in [0.717, 1.165) is 6.34 Å². The van der Waals surface area contributed by atoms with E-state index in [-0.39, 0.29) is 6.54 Å². The molecule has 0 saturated carbocycles. The van der Waals surface area contributed by atoms with Gasteiger partial charge in [0.1, 0.15) is 6.54 Å². The number of carbonyl (C=O) groups excluding carboxylic acids is 1. The summed E-state index contributed by atoms with van der Waals surface area (Å²) < 4.78 is -1.10. The van der Waals surface area contributed by atoms with Crippen molar-refractivity contribution >= 4 is 12.4 Å². The maximum Gasteiger partial charge on any atom is 0.419 e. The predicted octanol–water partition coefficient (Wildman–Crippen LogP) is -0.578. The van der Waals surface area contributed by atoms with Crippen molar-refractivity contribution in [3.8, 4) is 0 Å². The molecule has 5 nitrogen and oxygen atoms in total. The molecule has 0 radical (unpaired) electrons. The molecule has 5 heteroatoms. The van der Waals surface area contributed by atoms with Crippen LogP contribution < -0.4 is 5.73 Å². The Bertz CT molecular complexity index is 167. The molecule has 0 bridgehead atoms. The van der Waals surface area contributed by atoms with E-state index >= 15 is 0 Å². The summed E-state index contributed by atoms with van der Waals surface area (Å²) in [6.45, 7) is 0.543. The van der Waals surface area contributed by atoms with Gasteiger partial charge in [-0.25, -0.2) is 14.4 Å². The summed E-state index contributed by atoms with van der Waals surface area (Å²) >= 11 is 0. The highest BCUT2D eigenvalue weighted by atomic mass is 16.6. The fourth-order valence-corrected chi connectivity index (χ4v) is 0.621. The van der Waals surface area contributed by atoms with Crippen LogP contribution in [-0.4, -0.2) is 30.1 Å². The number of primary amides is 1. The van der Waals surface area contributed by atoms with Gasteiger partial charge >= 0.3 is 6.03 Å². The number of hydrogen-bond donors (Lipinski definition) is 1. The Morgan fingerprint density at radius 3 is 2.78 bits per heavy atom. The highest BCUT2D eigenvalue weighted by molar-refractivity contribution is 5.75. The van der Waals surface area contributed by atoms with E-state index in [1.807, 2.05) is 0 Å². The van der Waals surface area contributed by atoms with Crippen molar-refractivity contribution < 1.29 is 9.44 Å². The Hall–Kier alpha value is -0.940. The lowest BCUT2D eigenvalue weighted by atomic mass is 10.6. The maximum absolute atomic E-state index is 10.9. The van der Waals surface area contributed by atoms with Crippen LogP contribution in [0.15, 0.2) is 4.99 Å². The van der Waals surface area contributed by atoms with E-state index in [2.05, 4.69) is 4.99 Å². The standard InChI is InChI=1S/C4H7N3O2/c5-4(8)7(9)2-1-6-3-7/h3H,1-2H2,(H2,5,8). The monoisotopic (exact) mass is 129 g/mol. The maximum atomic E-state index is 10.9. The summed E-state index contributed by atoms with van der Waals surface area (Å²) in [5.74, 6) is 0. The van der Waals surface area contributed by atoms with Crippen LogP contribution in [0, 0.1) is 5.21 Å². The molecule has 2 amide bonds. The van der Waals surface area contributed by atoms with Gasteiger partial charge in [0.15, 0.2) is 6.34 Å². The van der Waals surface area contributed by atoms with Gasteiger partial charge in [-0.15, -0.1) is 0 Å². The molecule has 50 valence electrons. The lowest BCUT2D eigenvalue weighted by molar-refractivity contribution is -0.684. The quantitative estimate of drug-likeness (QED) is 0.351. The first kappa shape index (κ1) is 6.18. The number of rotatable bonds is 0. The minimum atomic E-state index is -1.10. The van der Waals surface area contributed by atoms with Crippen LogP contribution >= 0.6 is 0 Å². The molecular formula is C4H7N3O2. The zero-order valence-corrected chi connectivity index (χ0v) is 4.78. The number of nitrogens with two attached hydrogens (primary N) is 1. The summed E-state index contributed by atoms with van der Waals surface area (Å²) in [5, 5.41) is 10.9. The molecule has 1 unspecified atom stereocenters. The normalized spacial score (nSPS) is 33.0. The van der Waals surface area contributed by atoms with Gasteiger partial charge in [0.05, 0.1) is 6.54 Å². The second-order valence-corrected chi connectivity index (χ2v) is 1.88. The van der Waals surface area contributed by atoms with Crippen LogP contribution in [0.3, 0.4) is 0 Å². The van der Waals surface area contributed by atoms with Crippen LogP contribution in [-0.2, 0) is 0 Å². The van der Waals surface area contributed by atoms with Crippen LogP contribution in [0.4, 0.5) is 4.79 Å². The third-order valence-electron chi connectivity index (χ3n) is 1.20. The fourth-order valence-electron chi connectivity index (χ4n) is 0.621. The minimum absolute atomic E-state index is 0.148. The summed E-state index contributed by atoms with van der Waals surface area (Å²) in [7, 11) is 0. The van der Waals surface area contributed by atoms with E-state index in [1.165, 1.54) is 0 Å². The van der Waals surface area contributed by atoms with Gasteiger partial charge in [-0.1, -0.05) is 0 Å². The number of hydrogen-bond acceptors (Lipinski definition) is 3. The molecule has 0 aromatic carbocycles. The highest BCUT2D eigenvalue weighted by Gasteiger charge is 2.25. The second-order valence-electron chi connectivity index (χ2n) is 1.88. The lowest BCUT2D eigenvalue weighted by Crippen LogP contribution is -2.48. The first-order valence-electron chi connectivity index (χ1n) is 2.55. The van der Waals surface area contributed by atoms with Crippen molar-refractivity contribution in [2.24, 2.45) is 10.7 Å². The van der Waals surface area contributed by atoms with Gasteiger partial charge in [-0.2, -0.15) is 0 Å². The Balaban J connectivity index is 2.74. The van der Waals surface area contributed by atoms with Crippen molar-refractivity contribution in [2.75, 3.05) is 13.1 Å². The Morgan fingerprint density at radius 1 is 1.89 bits per heavy atom. The SMILES string of the molecule is NC(=O)[N+]1([O-])C=NCC1. The number of urea groups is 1. The molecular weight excluding hydrogens is 122 g/mol. The minimum Gasteiger partial charge on any atom is -0.618 e. The third kappa shape index (κ3) is 0.914. The van der Waals surface area contributed by atoms with Gasteiger partial charge in [-0.05, 0) is 0 Å². The highest BCUT2D eigenvalue weighted by Crippen LogP contribution is 2.04. The van der Waals surface area contributed by atoms with Crippen LogP contribution in [0.25, 0.3) is 0 Å². The van der Waals surface area contributed by atoms with Crippen molar-refractivity contribution in [1.29, 1.82) is 0 Å². The average molecular weight is 129 g/mol. The number of quaternary nitrogens is 1. The lowest BCUT2D eigenvalue weighted by Gasteiger charge is -2.27. The van der Waals surface area contributed by atoms with Gasteiger partial charge in [0, 0.05) is 0 Å². The largest absolute Gasteiger partial charge is 0.618 e. The molecule has 9 heavy (non-hydrogen) atoms. The Morgan fingerprint density at radius 2 is 2.56 bits per heavy atom. The molecule has 1 heterocycles. The molecule has 0 fully saturated rings. The number of nitrogens with zero attached hydrogens (tertiary/aromatic N) is 2. The van der Waals surface area contributed by atoms with Gasteiger partial charge < -0.3 is 10.9 Å². The zero-order valence-electron chi connectivity index (χ0n) is 4.78. The van der Waals surface area contributed by atoms with Crippen molar-refractivity contribution in [1.82, 2.24) is 0 Å². The molecule has 0 spiro atoms. The van der Waals surface area contributed by atoms with Gasteiger partial charge in [-0.3, -0.25) is 0 Å². The van der Waals surface area contributed by atoms with Crippen molar-refractivity contribution in [2.45, 2.75) is 0 Å². The van der Waals surface area contributed by atoms with E-state index < -0.39 is 10.7 Å². The molecule has 2 N–H and O–H groups in total. The van der Waals surface area contributed by atoms with Crippen molar-refractivity contribution in [3.05, 3.63) is 5.21 Å². The number of carbonyl (C=O) groups is 1. The predicted molar refractivity (Wildman–Crippen MR) is 31.4 cm³/mol. The average Bonchev–Trinajstić information content (AvgIpc) is 2.16. The fraction of sp³-hybridized carbons (Fsp3) is 0.500. The van der Waals surface area contributed by atoms with Crippen LogP contribution in [0.1, 0.15) is 0 Å². The van der Waals surface area contributed by atoms with E-state index in [9.17, 15) is 10.0 Å². The summed E-state index contributed by atoms with van der Waals surface area (Å²) in [4.78, 5) is 13.9. The molecule has 1 aliphatic heterocycles. The van der Waals surface area contributed by atoms with E-state index in [4.69, 9.17) is 5.73 Å². The molecule has 0 aromatic rings. The van der Waals surface area contributed by atoms with Crippen molar-refractivity contribution in [3.63, 3.8) is 0 Å². The molecule has 0 saturated heterocycles. The van der Waals surface area contributed by atoms with E-state index in [1.54, 1.807) is 0 Å². The first-order chi connectivity index (χ1) is 4.15. The first-order valence-corrected chi connectivity index (χ1v) is 2.55. The van der Waals surface area contributed by atoms with Gasteiger partial charge in [0.25, 0.3) is 0 Å². The topological polar surface area (TPSA) is 78.5 Å². The Kier molecular flexibility index (Phi) is 1.22. The number of amides is 2. The third-order valence-corrected chi connectivity index (χ3v) is 1.20. The zero-order chi connectivity index (χ0) is 6.91. The molecule has 1 atom stereocenters. The number of hydroxylamine groups is 3. The van der Waals surface area contributed by atoms with Gasteiger partial charge in [0.2, 0.25) is 0 Å². The summed E-state index contributed by atoms with van der Waals surface area (Å²) in [6, 6.07) is -0.892. The molecule has 0 aromatic heterocycles. The summed E-state index contributed by atoms with van der Waals surface area (Å²) in [6.07, 6.45) is 1.03. The van der Waals surface area contributed by atoms with Crippen LogP contribution in [0.5, 0.6) is 0 Å². The Labute approximate surface area is 51.9 Å². The molecule has 1 aliphatic rings. The van der Waals surface area contributed by atoms with Crippen LogP contribution in [0.2, 0.25) is 0 Å². The molecule has 1 rings (SSSR count). The summed E-state index contributed by atoms with van der Waals surface area (Å²) in [5.41, 5.74) is 4.76. The number of aliphatic imine (C=N–C) groups is 1. The molecule has 0 aliphatic carbocycles.